The summed E-state index contributed by atoms with van der Waals surface area (Å²) in [4.78, 5) is 23.8. The lowest BCUT2D eigenvalue weighted by molar-refractivity contribution is -0.271. The molecule has 0 radical (unpaired) electrons. The van der Waals surface area contributed by atoms with E-state index >= 15 is 0 Å². The first-order chi connectivity index (χ1) is 14.0. The quantitative estimate of drug-likeness (QED) is 0.557. The van der Waals surface area contributed by atoms with Gasteiger partial charge >= 0.3 is 11.9 Å². The minimum Gasteiger partial charge on any atom is -0.465 e. The third kappa shape index (κ3) is 2.38. The van der Waals surface area contributed by atoms with E-state index in [2.05, 4.69) is 20.8 Å². The maximum atomic E-state index is 12.2. The zero-order chi connectivity index (χ0) is 21.7. The van der Waals surface area contributed by atoms with Crippen LogP contribution >= 0.6 is 0 Å². The Labute approximate surface area is 179 Å². The van der Waals surface area contributed by atoms with Gasteiger partial charge in [0, 0.05) is 24.7 Å². The fourth-order valence-electron chi connectivity index (χ4n) is 8.93. The minimum absolute atomic E-state index is 0.00700. The predicted molar refractivity (Wildman–Crippen MR) is 108 cm³/mol. The molecule has 0 aromatic heterocycles. The van der Waals surface area contributed by atoms with Crippen LogP contribution in [0, 0.1) is 33.5 Å². The molecular weight excluding hydrogens is 384 g/mol. The van der Waals surface area contributed by atoms with E-state index in [1.165, 1.54) is 13.8 Å². The molecule has 0 aromatic rings. The molecule has 10 atom stereocenters. The second-order valence-corrected chi connectivity index (χ2v) is 11.7. The standard InChI is InChI=1S/C24H36O6/c1-13(25)28-12-21(3)8-6-9-22(4)15-7-10-23(5)18-19(30-18)24(15,20(23)27)17(11-16(21)22)29-14(2)26/h15-20,27H,6-12H2,1-5H3/t15-,16+,17-,18-,19+,20?,21+,22-,23+,24+/m0/s1. The second-order valence-electron chi connectivity index (χ2n) is 11.7. The maximum absolute atomic E-state index is 12.2. The summed E-state index contributed by atoms with van der Waals surface area (Å²) in [6, 6.07) is 0. The van der Waals surface area contributed by atoms with E-state index in [1.807, 2.05) is 0 Å². The normalized spacial score (nSPS) is 55.7. The first-order valence-corrected chi connectivity index (χ1v) is 11.6. The molecule has 4 saturated carbocycles. The van der Waals surface area contributed by atoms with Crippen LogP contribution in [-0.2, 0) is 23.8 Å². The van der Waals surface area contributed by atoms with Crippen molar-refractivity contribution >= 4 is 11.9 Å². The number of carbonyl (C=O) groups is 2. The van der Waals surface area contributed by atoms with E-state index in [0.717, 1.165) is 32.1 Å². The molecule has 1 spiro atoms. The van der Waals surface area contributed by atoms with Crippen LogP contribution in [0.3, 0.4) is 0 Å². The molecule has 1 heterocycles. The molecule has 1 aliphatic heterocycles. The molecular formula is C24H36O6. The molecule has 0 amide bonds. The average Bonchev–Trinajstić information content (AvgIpc) is 3.43. The number of ether oxygens (including phenoxy) is 3. The highest BCUT2D eigenvalue weighted by atomic mass is 16.6. The number of fused-ring (bicyclic) bond motifs is 5. The Kier molecular flexibility index (Phi) is 4.30. The van der Waals surface area contributed by atoms with Crippen molar-refractivity contribution in [3.05, 3.63) is 0 Å². The van der Waals surface area contributed by atoms with Crippen molar-refractivity contribution in [2.75, 3.05) is 6.61 Å². The number of carbonyl (C=O) groups excluding carboxylic acids is 2. The fourth-order valence-corrected chi connectivity index (χ4v) is 8.93. The Morgan fingerprint density at radius 2 is 1.73 bits per heavy atom. The summed E-state index contributed by atoms with van der Waals surface area (Å²) in [5.74, 6) is -0.0583. The van der Waals surface area contributed by atoms with Crippen molar-refractivity contribution in [1.29, 1.82) is 0 Å². The monoisotopic (exact) mass is 420 g/mol. The average molecular weight is 421 g/mol. The molecule has 168 valence electrons. The third-order valence-electron chi connectivity index (χ3n) is 10.1. The number of rotatable bonds is 3. The largest absolute Gasteiger partial charge is 0.465 e. The molecule has 5 fully saturated rings. The number of aliphatic hydroxyl groups is 1. The Bertz CT molecular complexity index is 782. The van der Waals surface area contributed by atoms with Gasteiger partial charge in [-0.2, -0.15) is 0 Å². The molecule has 1 unspecified atom stereocenters. The van der Waals surface area contributed by atoms with Crippen LogP contribution in [0.25, 0.3) is 0 Å². The van der Waals surface area contributed by atoms with Gasteiger partial charge in [-0.1, -0.05) is 27.2 Å². The lowest BCUT2D eigenvalue weighted by Gasteiger charge is -2.67. The highest BCUT2D eigenvalue weighted by Crippen LogP contribution is 2.78. The van der Waals surface area contributed by atoms with Gasteiger partial charge in [0.25, 0.3) is 0 Å². The van der Waals surface area contributed by atoms with Crippen LogP contribution in [0.15, 0.2) is 0 Å². The summed E-state index contributed by atoms with van der Waals surface area (Å²) in [6.07, 6.45) is 5.01. The number of esters is 2. The molecule has 4 aliphatic carbocycles. The van der Waals surface area contributed by atoms with E-state index in [-0.39, 0.29) is 58.3 Å². The Balaban J connectivity index is 1.59. The van der Waals surface area contributed by atoms with Gasteiger partial charge in [0.1, 0.15) is 6.10 Å². The Hall–Kier alpha value is -1.14. The summed E-state index contributed by atoms with van der Waals surface area (Å²) < 4.78 is 17.8. The summed E-state index contributed by atoms with van der Waals surface area (Å²) in [5, 5.41) is 11.7. The van der Waals surface area contributed by atoms with Gasteiger partial charge < -0.3 is 19.3 Å². The van der Waals surface area contributed by atoms with Crippen LogP contribution in [0.1, 0.15) is 73.1 Å². The van der Waals surface area contributed by atoms with Gasteiger partial charge in [-0.15, -0.1) is 0 Å². The number of hydrogen-bond acceptors (Lipinski definition) is 6. The van der Waals surface area contributed by atoms with E-state index in [0.29, 0.717) is 13.0 Å². The first kappa shape index (κ1) is 20.7. The summed E-state index contributed by atoms with van der Waals surface area (Å²) in [5.41, 5.74) is -0.938. The highest BCUT2D eigenvalue weighted by Gasteiger charge is 2.84. The molecule has 2 bridgehead atoms. The van der Waals surface area contributed by atoms with Crippen molar-refractivity contribution < 1.29 is 28.9 Å². The van der Waals surface area contributed by atoms with Crippen LogP contribution in [-0.4, -0.2) is 48.1 Å². The van der Waals surface area contributed by atoms with Crippen molar-refractivity contribution in [2.45, 2.75) is 97.6 Å². The van der Waals surface area contributed by atoms with Gasteiger partial charge in [-0.25, -0.2) is 0 Å². The summed E-state index contributed by atoms with van der Waals surface area (Å²) in [6.45, 7) is 10.1. The minimum atomic E-state index is -0.520. The van der Waals surface area contributed by atoms with Crippen molar-refractivity contribution in [2.24, 2.45) is 33.5 Å². The molecule has 1 N–H and O–H groups in total. The molecule has 0 aromatic carbocycles. The smallest absolute Gasteiger partial charge is 0.302 e. The molecule has 5 rings (SSSR count). The SMILES string of the molecule is CC(=O)OC[C@@]1(C)CCC[C@]2(C)[C@@H]1C[C@H](OC(C)=O)[C@]13C(O)[C@](C)(CC[C@@H]21)[C@H]1O[C@H]13. The van der Waals surface area contributed by atoms with Crippen LogP contribution < -0.4 is 0 Å². The van der Waals surface area contributed by atoms with Gasteiger partial charge in [0.15, 0.2) is 0 Å². The Morgan fingerprint density at radius 3 is 2.40 bits per heavy atom. The van der Waals surface area contributed by atoms with E-state index < -0.39 is 11.5 Å². The molecule has 5 aliphatic rings. The zero-order valence-corrected chi connectivity index (χ0v) is 18.9. The van der Waals surface area contributed by atoms with Crippen LogP contribution in [0.5, 0.6) is 0 Å². The van der Waals surface area contributed by atoms with E-state index in [9.17, 15) is 14.7 Å². The fraction of sp³-hybridized carbons (Fsp3) is 0.917. The third-order valence-corrected chi connectivity index (χ3v) is 10.1. The number of aliphatic hydroxyl groups excluding tert-OH is 1. The van der Waals surface area contributed by atoms with Gasteiger partial charge in [-0.3, -0.25) is 9.59 Å². The molecule has 6 heteroatoms. The summed E-state index contributed by atoms with van der Waals surface area (Å²) in [7, 11) is 0. The molecule has 30 heavy (non-hydrogen) atoms. The van der Waals surface area contributed by atoms with Crippen molar-refractivity contribution in [3.8, 4) is 0 Å². The number of epoxide rings is 1. The Morgan fingerprint density at radius 1 is 1.00 bits per heavy atom. The van der Waals surface area contributed by atoms with E-state index in [1.54, 1.807) is 0 Å². The highest BCUT2D eigenvalue weighted by molar-refractivity contribution is 5.66. The summed E-state index contributed by atoms with van der Waals surface area (Å²) >= 11 is 0. The van der Waals surface area contributed by atoms with Crippen LogP contribution in [0.4, 0.5) is 0 Å². The zero-order valence-electron chi connectivity index (χ0n) is 18.9. The lowest BCUT2D eigenvalue weighted by atomic mass is 9.39. The first-order valence-electron chi connectivity index (χ1n) is 11.6. The van der Waals surface area contributed by atoms with Gasteiger partial charge in [0.05, 0.1) is 30.3 Å². The van der Waals surface area contributed by atoms with Crippen LogP contribution in [0.2, 0.25) is 0 Å². The molecule has 1 saturated heterocycles. The van der Waals surface area contributed by atoms with E-state index in [4.69, 9.17) is 14.2 Å². The second kappa shape index (κ2) is 6.22. The molecule has 6 nitrogen and oxygen atoms in total. The van der Waals surface area contributed by atoms with Crippen molar-refractivity contribution in [3.63, 3.8) is 0 Å². The van der Waals surface area contributed by atoms with Gasteiger partial charge in [-0.05, 0) is 49.4 Å². The van der Waals surface area contributed by atoms with Crippen molar-refractivity contribution in [1.82, 2.24) is 0 Å². The lowest BCUT2D eigenvalue weighted by Crippen LogP contribution is -2.69. The number of hydrogen-bond donors (Lipinski definition) is 1. The maximum Gasteiger partial charge on any atom is 0.302 e. The van der Waals surface area contributed by atoms with Gasteiger partial charge in [0.2, 0.25) is 0 Å². The predicted octanol–water partition coefficient (Wildman–Crippen LogP) is 3.24. The topological polar surface area (TPSA) is 85.4 Å².